The summed E-state index contributed by atoms with van der Waals surface area (Å²) in [5, 5.41) is 4.05. The van der Waals surface area contributed by atoms with Crippen LogP contribution in [0.15, 0.2) is 66.2 Å². The van der Waals surface area contributed by atoms with Crippen molar-refractivity contribution < 1.29 is 4.79 Å². The monoisotopic (exact) mass is 467 g/mol. The van der Waals surface area contributed by atoms with E-state index in [-0.39, 0.29) is 5.91 Å². The smallest absolute Gasteiger partial charge is 0.281 e. The molecule has 1 fully saturated rings. The number of nitrogens with two attached hydrogens (primary N) is 1. The predicted molar refractivity (Wildman–Crippen MR) is 136 cm³/mol. The van der Waals surface area contributed by atoms with Gasteiger partial charge in [-0.2, -0.15) is 10.1 Å². The molecule has 1 amide bonds. The van der Waals surface area contributed by atoms with E-state index in [1.807, 2.05) is 36.7 Å². The Labute approximate surface area is 204 Å². The fourth-order valence-electron chi connectivity index (χ4n) is 4.65. The number of aromatic nitrogens is 5. The third-order valence-corrected chi connectivity index (χ3v) is 7.01. The van der Waals surface area contributed by atoms with E-state index < -0.39 is 5.41 Å². The van der Waals surface area contributed by atoms with Crippen LogP contribution in [-0.2, 0) is 12.5 Å². The van der Waals surface area contributed by atoms with Crippen molar-refractivity contribution in [3.8, 4) is 17.1 Å². The molecular weight excluding hydrogens is 438 g/mol. The van der Waals surface area contributed by atoms with E-state index in [9.17, 15) is 4.79 Å². The first-order valence-corrected chi connectivity index (χ1v) is 11.7. The number of aliphatic imine (C=N–C) groups is 1. The summed E-state index contributed by atoms with van der Waals surface area (Å²) in [7, 11) is 1.76. The van der Waals surface area contributed by atoms with Crippen LogP contribution in [0.2, 0.25) is 0 Å². The Morgan fingerprint density at radius 2 is 1.77 bits per heavy atom. The van der Waals surface area contributed by atoms with Gasteiger partial charge in [-0.05, 0) is 75.4 Å². The Balaban J connectivity index is 1.41. The number of carbonyl (C=O) groups excluding carboxylic acids is 1. The molecule has 1 saturated carbocycles. The summed E-state index contributed by atoms with van der Waals surface area (Å²) in [5.41, 5.74) is 11.3. The largest absolute Gasteiger partial charge is 0.386 e. The van der Waals surface area contributed by atoms with Gasteiger partial charge in [0.2, 0.25) is 0 Å². The Bertz CT molecular complexity index is 1390. The third-order valence-electron chi connectivity index (χ3n) is 7.01. The fourth-order valence-corrected chi connectivity index (χ4v) is 4.65. The molecule has 2 N–H and O–H groups in total. The molecule has 4 aromatic heterocycles. The van der Waals surface area contributed by atoms with Gasteiger partial charge in [-0.15, -0.1) is 0 Å². The topological polar surface area (TPSA) is 104 Å². The summed E-state index contributed by atoms with van der Waals surface area (Å²) in [6, 6.07) is 12.2. The number of pyridine rings is 2. The Morgan fingerprint density at radius 3 is 2.31 bits per heavy atom. The lowest BCUT2D eigenvalue weighted by Gasteiger charge is -2.29. The maximum atomic E-state index is 12.6. The molecule has 35 heavy (non-hydrogen) atoms. The molecule has 0 aromatic carbocycles. The number of nitrogens with zero attached hydrogens (tertiary/aromatic N) is 6. The van der Waals surface area contributed by atoms with Crippen molar-refractivity contribution >= 4 is 11.7 Å². The minimum atomic E-state index is -0.561. The van der Waals surface area contributed by atoms with Crippen LogP contribution in [0.5, 0.6) is 0 Å². The Morgan fingerprint density at radius 1 is 1.03 bits per heavy atom. The van der Waals surface area contributed by atoms with Crippen molar-refractivity contribution in [2.75, 3.05) is 0 Å². The van der Waals surface area contributed by atoms with Crippen LogP contribution in [0.3, 0.4) is 0 Å². The van der Waals surface area contributed by atoms with Crippen LogP contribution in [0.4, 0.5) is 0 Å². The molecule has 1 aliphatic carbocycles. The summed E-state index contributed by atoms with van der Waals surface area (Å²) in [4.78, 5) is 26.3. The van der Waals surface area contributed by atoms with Crippen LogP contribution in [-0.4, -0.2) is 36.1 Å². The summed E-state index contributed by atoms with van der Waals surface area (Å²) in [6.07, 6.45) is 8.92. The van der Waals surface area contributed by atoms with Gasteiger partial charge in [-0.25, -0.2) is 4.98 Å². The summed E-state index contributed by atoms with van der Waals surface area (Å²) < 4.78 is 3.69. The summed E-state index contributed by atoms with van der Waals surface area (Å²) >= 11 is 0. The zero-order chi connectivity index (χ0) is 24.7. The molecule has 5 rings (SSSR count). The number of amidine groups is 1. The maximum absolute atomic E-state index is 12.6. The molecular formula is C27H29N7O. The molecule has 0 spiro atoms. The molecule has 0 bridgehead atoms. The fraction of sp³-hybridized carbons (Fsp3) is 0.296. The first kappa shape index (κ1) is 22.7. The average Bonchev–Trinajstić information content (AvgIpc) is 3.54. The molecule has 178 valence electrons. The quantitative estimate of drug-likeness (QED) is 0.339. The normalized spacial score (nSPS) is 15.7. The van der Waals surface area contributed by atoms with Gasteiger partial charge in [-0.3, -0.25) is 14.5 Å². The highest BCUT2D eigenvalue weighted by Gasteiger charge is 2.46. The number of carbonyl (C=O) groups is 1. The first-order chi connectivity index (χ1) is 16.8. The van der Waals surface area contributed by atoms with Gasteiger partial charge in [0.15, 0.2) is 0 Å². The third kappa shape index (κ3) is 4.16. The lowest BCUT2D eigenvalue weighted by molar-refractivity contribution is 0.100. The second-order valence-corrected chi connectivity index (χ2v) is 9.47. The van der Waals surface area contributed by atoms with Gasteiger partial charge in [0.05, 0.1) is 22.9 Å². The zero-order valence-corrected chi connectivity index (χ0v) is 20.4. The average molecular weight is 468 g/mol. The van der Waals surface area contributed by atoms with E-state index >= 15 is 0 Å². The van der Waals surface area contributed by atoms with E-state index in [0.29, 0.717) is 17.3 Å². The van der Waals surface area contributed by atoms with Gasteiger partial charge in [0.25, 0.3) is 5.91 Å². The Hall–Kier alpha value is -4.07. The number of hydrogen-bond donors (Lipinski definition) is 1. The summed E-state index contributed by atoms with van der Waals surface area (Å²) in [5.74, 6) is 1.14. The van der Waals surface area contributed by atoms with Gasteiger partial charge >= 0.3 is 0 Å². The van der Waals surface area contributed by atoms with E-state index in [4.69, 9.17) is 10.7 Å². The molecule has 8 heteroatoms. The standard InChI is InChI=1S/C27H29N7O/c1-17-5-6-18(2)34(17)24-12-7-19(13-30-24)23-11-10-22(15-29-23)27(3,21-8-9-21)26(28)32-25(35)20-14-31-33(4)16-20/h5-7,10-16,21H,8-9H2,1-4H3,(H2,28,32,35). The Kier molecular flexibility index (Phi) is 5.59. The second kappa shape index (κ2) is 8.61. The molecule has 0 radical (unpaired) electrons. The van der Waals surface area contributed by atoms with E-state index in [2.05, 4.69) is 52.5 Å². The SMILES string of the molecule is Cc1ccc(C)n1-c1ccc(-c2ccc(C(C)(C(N)=NC(=O)c3cnn(C)c3)C3CC3)cn2)cn1. The van der Waals surface area contributed by atoms with Crippen molar-refractivity contribution in [2.45, 2.75) is 39.0 Å². The minimum absolute atomic E-state index is 0.312. The van der Waals surface area contributed by atoms with Crippen molar-refractivity contribution in [3.05, 3.63) is 83.7 Å². The van der Waals surface area contributed by atoms with Gasteiger partial charge < -0.3 is 10.3 Å². The molecule has 0 saturated heterocycles. The molecule has 1 aliphatic rings. The number of rotatable bonds is 6. The molecule has 4 aromatic rings. The van der Waals surface area contributed by atoms with Crippen LogP contribution in [0, 0.1) is 19.8 Å². The van der Waals surface area contributed by atoms with Crippen molar-refractivity contribution in [1.82, 2.24) is 24.3 Å². The maximum Gasteiger partial charge on any atom is 0.281 e. The highest BCUT2D eigenvalue weighted by atomic mass is 16.1. The van der Waals surface area contributed by atoms with Crippen molar-refractivity contribution in [1.29, 1.82) is 0 Å². The van der Waals surface area contributed by atoms with E-state index in [0.717, 1.165) is 46.9 Å². The second-order valence-electron chi connectivity index (χ2n) is 9.47. The molecule has 1 atom stereocenters. The molecule has 4 heterocycles. The van der Waals surface area contributed by atoms with E-state index in [1.54, 1.807) is 17.9 Å². The lowest BCUT2D eigenvalue weighted by atomic mass is 9.77. The highest BCUT2D eigenvalue weighted by molar-refractivity contribution is 6.06. The van der Waals surface area contributed by atoms with Gasteiger partial charge in [0.1, 0.15) is 11.7 Å². The highest BCUT2D eigenvalue weighted by Crippen LogP contribution is 2.47. The lowest BCUT2D eigenvalue weighted by Crippen LogP contribution is -2.41. The predicted octanol–water partition coefficient (Wildman–Crippen LogP) is 4.15. The molecule has 1 unspecified atom stereocenters. The number of amides is 1. The van der Waals surface area contributed by atoms with Gasteiger partial charge in [0, 0.05) is 42.6 Å². The van der Waals surface area contributed by atoms with Crippen LogP contribution < -0.4 is 5.73 Å². The first-order valence-electron chi connectivity index (χ1n) is 11.7. The van der Waals surface area contributed by atoms with Gasteiger partial charge in [-0.1, -0.05) is 6.07 Å². The molecule has 8 nitrogen and oxygen atoms in total. The molecule has 0 aliphatic heterocycles. The number of aryl methyl sites for hydroxylation is 3. The van der Waals surface area contributed by atoms with E-state index in [1.165, 1.54) is 6.20 Å². The minimum Gasteiger partial charge on any atom is -0.386 e. The zero-order valence-electron chi connectivity index (χ0n) is 20.4. The summed E-state index contributed by atoms with van der Waals surface area (Å²) in [6.45, 7) is 6.19. The van der Waals surface area contributed by atoms with Crippen LogP contribution in [0.25, 0.3) is 17.1 Å². The van der Waals surface area contributed by atoms with Crippen LogP contribution in [0.1, 0.15) is 47.1 Å². The van der Waals surface area contributed by atoms with Crippen LogP contribution >= 0.6 is 0 Å². The van der Waals surface area contributed by atoms with Crippen molar-refractivity contribution in [3.63, 3.8) is 0 Å². The number of hydrogen-bond acceptors (Lipinski definition) is 4. The van der Waals surface area contributed by atoms with Crippen molar-refractivity contribution in [2.24, 2.45) is 23.7 Å².